The van der Waals surface area contributed by atoms with Gasteiger partial charge in [0.25, 0.3) is 0 Å². The smallest absolute Gasteiger partial charge is 0.326 e. The topological polar surface area (TPSA) is 220 Å². The van der Waals surface area contributed by atoms with Crippen LogP contribution in [0.2, 0.25) is 0 Å². The van der Waals surface area contributed by atoms with Crippen molar-refractivity contribution >= 4 is 47.3 Å². The molecule has 284 valence electrons. The molecule has 1 aliphatic carbocycles. The molecule has 1 aliphatic rings. The Kier molecular flexibility index (Phi) is 27.1. The third-order valence-electron chi connectivity index (χ3n) is 7.38. The number of thioether (sulfide) groups is 1. The molecule has 1 saturated carbocycles. The highest BCUT2D eigenvalue weighted by Crippen LogP contribution is 2.23. The van der Waals surface area contributed by atoms with Crippen molar-refractivity contribution in [1.29, 1.82) is 0 Å². The van der Waals surface area contributed by atoms with Crippen LogP contribution in [0, 0.1) is 17.6 Å². The summed E-state index contributed by atoms with van der Waals surface area (Å²) in [6.45, 7) is 2.77. The first-order valence-electron chi connectivity index (χ1n) is 17.2. The van der Waals surface area contributed by atoms with Gasteiger partial charge in [-0.15, -0.1) is 6.42 Å². The van der Waals surface area contributed by atoms with Gasteiger partial charge in [0.05, 0.1) is 45.4 Å². The van der Waals surface area contributed by atoms with Crippen molar-refractivity contribution in [3.8, 4) is 11.7 Å². The second-order valence-electron chi connectivity index (χ2n) is 11.5. The molecule has 17 heteroatoms. The molecule has 5 amide bonds. The normalized spacial score (nSPS) is 13.4. The zero-order chi connectivity index (χ0) is 36.7. The first-order valence-corrected chi connectivity index (χ1v) is 18.2. The fraction of sp³-hybridized carbons (Fsp3) is 0.758. The largest absolute Gasteiger partial charge is 0.480 e. The summed E-state index contributed by atoms with van der Waals surface area (Å²) in [5, 5.41) is 25.2. The first kappa shape index (κ1) is 44.6. The van der Waals surface area contributed by atoms with E-state index in [-0.39, 0.29) is 120 Å². The van der Waals surface area contributed by atoms with Crippen LogP contribution in [-0.2, 0) is 47.7 Å². The van der Waals surface area contributed by atoms with Gasteiger partial charge < -0.3 is 50.6 Å². The highest BCUT2D eigenvalue weighted by molar-refractivity contribution is 8.04. The maximum absolute atomic E-state index is 12.3. The molecule has 0 unspecified atom stereocenters. The number of carbonyl (C=O) groups is 6. The molecule has 0 aromatic carbocycles. The SMILES string of the molecule is C#CSCC(=O)NCCCCCNC(=O)COCCOCCNC(=O)COCCOCCNC(=O)CC[C@H](NC(=O)C1CCCCC1)C(=O)O. The molecular weight excluding hydrogens is 674 g/mol. The number of rotatable bonds is 30. The van der Waals surface area contributed by atoms with Gasteiger partial charge in [0.15, 0.2) is 0 Å². The summed E-state index contributed by atoms with van der Waals surface area (Å²) >= 11 is 1.12. The minimum absolute atomic E-state index is 0.000281. The molecule has 0 aliphatic heterocycles. The minimum atomic E-state index is -1.16. The number of hydrogen-bond acceptors (Lipinski definition) is 11. The zero-order valence-corrected chi connectivity index (χ0v) is 29.7. The van der Waals surface area contributed by atoms with Crippen molar-refractivity contribution < 1.29 is 52.8 Å². The lowest BCUT2D eigenvalue weighted by atomic mass is 9.88. The lowest BCUT2D eigenvalue weighted by Crippen LogP contribution is -2.44. The van der Waals surface area contributed by atoms with Crippen LogP contribution in [0.15, 0.2) is 0 Å². The van der Waals surface area contributed by atoms with Crippen LogP contribution in [0.5, 0.6) is 0 Å². The van der Waals surface area contributed by atoms with E-state index in [1.54, 1.807) is 0 Å². The fourth-order valence-electron chi connectivity index (χ4n) is 4.71. The molecule has 0 saturated heterocycles. The number of ether oxygens (including phenoxy) is 4. The van der Waals surface area contributed by atoms with Gasteiger partial charge in [-0.05, 0) is 43.8 Å². The Morgan fingerprint density at radius 2 is 1.20 bits per heavy atom. The van der Waals surface area contributed by atoms with E-state index in [4.69, 9.17) is 25.4 Å². The number of amides is 5. The molecule has 0 aromatic rings. The van der Waals surface area contributed by atoms with Crippen molar-refractivity contribution in [2.45, 2.75) is 70.3 Å². The number of aliphatic carboxylic acids is 1. The van der Waals surface area contributed by atoms with Gasteiger partial charge >= 0.3 is 5.97 Å². The molecule has 0 spiro atoms. The highest BCUT2D eigenvalue weighted by atomic mass is 32.2. The first-order chi connectivity index (χ1) is 24.2. The molecule has 6 N–H and O–H groups in total. The van der Waals surface area contributed by atoms with E-state index in [9.17, 15) is 33.9 Å². The monoisotopic (exact) mass is 729 g/mol. The van der Waals surface area contributed by atoms with E-state index < -0.39 is 12.0 Å². The predicted octanol–water partition coefficient (Wildman–Crippen LogP) is -0.0583. The Hall–Kier alpha value is -3.43. The average Bonchev–Trinajstić information content (AvgIpc) is 3.10. The average molecular weight is 730 g/mol. The lowest BCUT2D eigenvalue weighted by Gasteiger charge is -2.23. The van der Waals surface area contributed by atoms with Gasteiger partial charge in [-0.3, -0.25) is 24.0 Å². The number of carboxylic acid groups (broad SMARTS) is 1. The molecule has 1 rings (SSSR count). The summed E-state index contributed by atoms with van der Waals surface area (Å²) in [4.78, 5) is 71.0. The zero-order valence-electron chi connectivity index (χ0n) is 28.9. The number of nitrogens with one attached hydrogen (secondary N) is 5. The maximum atomic E-state index is 12.3. The van der Waals surface area contributed by atoms with Gasteiger partial charge in [0.1, 0.15) is 19.3 Å². The van der Waals surface area contributed by atoms with E-state index in [0.29, 0.717) is 13.1 Å². The van der Waals surface area contributed by atoms with Gasteiger partial charge in [-0.2, -0.15) is 0 Å². The molecule has 16 nitrogen and oxygen atoms in total. The highest BCUT2D eigenvalue weighted by Gasteiger charge is 2.26. The molecular formula is C33H55N5O11S. The molecule has 0 radical (unpaired) electrons. The Morgan fingerprint density at radius 1 is 0.680 bits per heavy atom. The molecule has 1 fully saturated rings. The van der Waals surface area contributed by atoms with Crippen molar-refractivity contribution in [1.82, 2.24) is 26.6 Å². The Bertz CT molecular complexity index is 1050. The number of carboxylic acids is 1. The van der Waals surface area contributed by atoms with Crippen molar-refractivity contribution in [3.05, 3.63) is 0 Å². The van der Waals surface area contributed by atoms with Gasteiger partial charge in [0, 0.05) is 38.5 Å². The Balaban J connectivity index is 1.88. The summed E-state index contributed by atoms with van der Waals surface area (Å²) in [6.07, 6.45) is 12.1. The van der Waals surface area contributed by atoms with E-state index in [0.717, 1.165) is 63.1 Å². The molecule has 50 heavy (non-hydrogen) atoms. The predicted molar refractivity (Wildman–Crippen MR) is 186 cm³/mol. The van der Waals surface area contributed by atoms with E-state index in [2.05, 4.69) is 31.8 Å². The van der Waals surface area contributed by atoms with Crippen molar-refractivity contribution in [2.24, 2.45) is 5.92 Å². The Labute approximate surface area is 299 Å². The second kappa shape index (κ2) is 30.4. The minimum Gasteiger partial charge on any atom is -0.480 e. The van der Waals surface area contributed by atoms with Gasteiger partial charge in [-0.1, -0.05) is 31.0 Å². The van der Waals surface area contributed by atoms with Crippen LogP contribution in [0.4, 0.5) is 0 Å². The summed E-state index contributed by atoms with van der Waals surface area (Å²) in [5.74, 6) is -2.27. The quantitative estimate of drug-likeness (QED) is 0.0423. The van der Waals surface area contributed by atoms with Crippen LogP contribution < -0.4 is 26.6 Å². The number of unbranched alkanes of at least 4 members (excludes halogenated alkanes) is 2. The van der Waals surface area contributed by atoms with Crippen LogP contribution in [0.1, 0.15) is 64.2 Å². The summed E-state index contributed by atoms with van der Waals surface area (Å²) in [5.41, 5.74) is 0. The molecule has 1 atom stereocenters. The number of carbonyl (C=O) groups excluding carboxylic acids is 5. The van der Waals surface area contributed by atoms with Crippen molar-refractivity contribution in [2.75, 3.05) is 84.8 Å². The third-order valence-corrected chi connectivity index (χ3v) is 7.96. The third kappa shape index (κ3) is 25.5. The van der Waals surface area contributed by atoms with Crippen LogP contribution in [0.3, 0.4) is 0 Å². The van der Waals surface area contributed by atoms with Crippen molar-refractivity contribution in [3.63, 3.8) is 0 Å². The molecule has 0 aromatic heterocycles. The standard InChI is InChI=1S/C33H55N5O11S/c1-2-50-25-31(42)35-14-8-4-7-13-34-29(40)23-48-21-20-47-18-16-37-30(41)24-49-22-19-46-17-15-36-28(39)12-11-27(33(44)45)38-32(43)26-9-5-3-6-10-26/h1,26-27H,3-25H2,(H,34,40)(H,35,42)(H,36,39)(H,37,41)(H,38,43)(H,44,45)/t27-/m0/s1. The summed E-state index contributed by atoms with van der Waals surface area (Å²) < 4.78 is 21.3. The van der Waals surface area contributed by atoms with Gasteiger partial charge in [0.2, 0.25) is 29.5 Å². The number of terminal acetylenes is 1. The van der Waals surface area contributed by atoms with E-state index in [1.807, 2.05) is 0 Å². The number of hydrogen-bond donors (Lipinski definition) is 6. The van der Waals surface area contributed by atoms with Crippen LogP contribution in [-0.4, -0.2) is 131 Å². The van der Waals surface area contributed by atoms with Gasteiger partial charge in [-0.25, -0.2) is 4.79 Å². The van der Waals surface area contributed by atoms with E-state index in [1.165, 1.54) is 0 Å². The maximum Gasteiger partial charge on any atom is 0.326 e. The molecule has 0 heterocycles. The van der Waals surface area contributed by atoms with Crippen LogP contribution >= 0.6 is 11.8 Å². The summed E-state index contributed by atoms with van der Waals surface area (Å²) in [7, 11) is 0. The Morgan fingerprint density at radius 3 is 1.76 bits per heavy atom. The summed E-state index contributed by atoms with van der Waals surface area (Å²) in [6, 6.07) is -1.11. The molecule has 0 bridgehead atoms. The second-order valence-corrected chi connectivity index (χ2v) is 12.3. The lowest BCUT2D eigenvalue weighted by molar-refractivity contribution is -0.143. The van der Waals surface area contributed by atoms with E-state index >= 15 is 0 Å². The van der Waals surface area contributed by atoms with Crippen LogP contribution in [0.25, 0.3) is 0 Å². The fourth-order valence-corrected chi connectivity index (χ4v) is 5.03.